The van der Waals surface area contributed by atoms with Crippen molar-refractivity contribution in [3.8, 4) is 17.1 Å². The highest BCUT2D eigenvalue weighted by Gasteiger charge is 2.17. The van der Waals surface area contributed by atoms with E-state index in [0.717, 1.165) is 15.7 Å². The van der Waals surface area contributed by atoms with Crippen LogP contribution in [0.4, 0.5) is 5.69 Å². The fourth-order valence-corrected chi connectivity index (χ4v) is 4.07. The molecule has 4 aromatic rings. The molecule has 1 amide bonds. The Balaban J connectivity index is 1.50. The molecule has 0 unspecified atom stereocenters. The zero-order valence-electron chi connectivity index (χ0n) is 17.5. The van der Waals surface area contributed by atoms with E-state index < -0.39 is 4.92 Å². The van der Waals surface area contributed by atoms with Crippen LogP contribution in [-0.4, -0.2) is 37.6 Å². The topological polar surface area (TPSA) is 115 Å². The van der Waals surface area contributed by atoms with Crippen LogP contribution in [0.1, 0.15) is 5.56 Å². The second-order valence-electron chi connectivity index (χ2n) is 6.88. The Kier molecular flexibility index (Phi) is 7.45. The summed E-state index contributed by atoms with van der Waals surface area (Å²) in [4.78, 5) is 22.9. The summed E-state index contributed by atoms with van der Waals surface area (Å²) in [5.41, 5.74) is 4.34. The SMILES string of the molecule is O=C(CSc1nnc(-c2ccccc2)n1-c1ccc(Br)cc1)N/N=C\c1ccccc1[N+](=O)[O-]. The zero-order chi connectivity index (χ0) is 23.9. The first-order valence-corrected chi connectivity index (χ1v) is 11.8. The molecule has 1 heterocycles. The fraction of sp³-hybridized carbons (Fsp3) is 0.0435. The maximum atomic E-state index is 12.4. The minimum absolute atomic E-state index is 0.0255. The van der Waals surface area contributed by atoms with Crippen molar-refractivity contribution in [2.24, 2.45) is 5.10 Å². The summed E-state index contributed by atoms with van der Waals surface area (Å²) in [7, 11) is 0. The molecule has 0 saturated carbocycles. The Morgan fingerprint density at radius 2 is 1.76 bits per heavy atom. The van der Waals surface area contributed by atoms with Crippen molar-refractivity contribution >= 4 is 45.5 Å². The summed E-state index contributed by atoms with van der Waals surface area (Å²) in [6, 6.07) is 23.5. The van der Waals surface area contributed by atoms with E-state index >= 15 is 0 Å². The number of thioether (sulfide) groups is 1. The average molecular weight is 537 g/mol. The molecule has 0 bridgehead atoms. The van der Waals surface area contributed by atoms with Crippen LogP contribution >= 0.6 is 27.7 Å². The number of rotatable bonds is 8. The number of hydrogen-bond acceptors (Lipinski definition) is 7. The zero-order valence-corrected chi connectivity index (χ0v) is 19.9. The first-order valence-electron chi connectivity index (χ1n) is 9.98. The van der Waals surface area contributed by atoms with Crippen molar-refractivity contribution in [3.63, 3.8) is 0 Å². The molecule has 1 aromatic heterocycles. The third kappa shape index (κ3) is 5.56. The van der Waals surface area contributed by atoms with Gasteiger partial charge in [0.15, 0.2) is 11.0 Å². The molecule has 4 rings (SSSR count). The molecule has 0 saturated heterocycles. The molecule has 0 spiro atoms. The Hall–Kier alpha value is -3.83. The molecule has 170 valence electrons. The summed E-state index contributed by atoms with van der Waals surface area (Å²) in [5, 5.41) is 24.1. The van der Waals surface area contributed by atoms with Gasteiger partial charge in [-0.05, 0) is 30.3 Å². The smallest absolute Gasteiger partial charge is 0.272 e. The lowest BCUT2D eigenvalue weighted by molar-refractivity contribution is -0.385. The van der Waals surface area contributed by atoms with Gasteiger partial charge in [-0.25, -0.2) is 5.43 Å². The second-order valence-corrected chi connectivity index (χ2v) is 8.74. The van der Waals surface area contributed by atoms with Crippen LogP contribution in [0.3, 0.4) is 0 Å². The number of aromatic nitrogens is 3. The molecule has 1 N–H and O–H groups in total. The van der Waals surface area contributed by atoms with Crippen LogP contribution in [0.25, 0.3) is 17.1 Å². The quantitative estimate of drug-likeness (QED) is 0.149. The van der Waals surface area contributed by atoms with Crippen LogP contribution in [0.15, 0.2) is 93.6 Å². The molecule has 0 fully saturated rings. The number of carbonyl (C=O) groups excluding carboxylic acids is 1. The molecule has 0 aliphatic carbocycles. The van der Waals surface area contributed by atoms with E-state index in [0.29, 0.717) is 16.5 Å². The first kappa shape index (κ1) is 23.3. The summed E-state index contributed by atoms with van der Waals surface area (Å²) in [6.45, 7) is 0. The van der Waals surface area contributed by atoms with Crippen LogP contribution in [0, 0.1) is 10.1 Å². The second kappa shape index (κ2) is 10.9. The maximum Gasteiger partial charge on any atom is 0.278 e. The van der Waals surface area contributed by atoms with Crippen LogP contribution < -0.4 is 5.43 Å². The predicted molar refractivity (Wildman–Crippen MR) is 134 cm³/mol. The van der Waals surface area contributed by atoms with Gasteiger partial charge in [0, 0.05) is 21.8 Å². The Labute approximate surface area is 207 Å². The van der Waals surface area contributed by atoms with Gasteiger partial charge >= 0.3 is 0 Å². The lowest BCUT2D eigenvalue weighted by atomic mass is 10.2. The molecule has 11 heteroatoms. The molecule has 0 aliphatic rings. The van der Waals surface area contributed by atoms with Gasteiger partial charge in [0.1, 0.15) is 0 Å². The van der Waals surface area contributed by atoms with Gasteiger partial charge < -0.3 is 0 Å². The minimum Gasteiger partial charge on any atom is -0.272 e. The number of nitrogens with one attached hydrogen (secondary N) is 1. The third-order valence-corrected chi connectivity index (χ3v) is 6.07. The predicted octanol–water partition coefficient (Wildman–Crippen LogP) is 4.85. The maximum absolute atomic E-state index is 12.4. The summed E-state index contributed by atoms with van der Waals surface area (Å²) in [6.07, 6.45) is 1.25. The monoisotopic (exact) mass is 536 g/mol. The highest BCUT2D eigenvalue weighted by molar-refractivity contribution is 9.10. The number of nitrogens with zero attached hydrogens (tertiary/aromatic N) is 5. The van der Waals surface area contributed by atoms with Crippen molar-refractivity contribution in [3.05, 3.63) is 99.0 Å². The number of benzene rings is 3. The summed E-state index contributed by atoms with van der Waals surface area (Å²) in [5.74, 6) is 0.296. The van der Waals surface area contributed by atoms with Gasteiger partial charge in [-0.2, -0.15) is 5.10 Å². The molecule has 3 aromatic carbocycles. The number of carbonyl (C=O) groups is 1. The molecule has 9 nitrogen and oxygen atoms in total. The van der Waals surface area contributed by atoms with Gasteiger partial charge in [0.05, 0.1) is 22.5 Å². The van der Waals surface area contributed by atoms with Gasteiger partial charge in [-0.3, -0.25) is 19.5 Å². The Morgan fingerprint density at radius 3 is 2.50 bits per heavy atom. The number of hydrazone groups is 1. The standard InChI is InChI=1S/C23H17BrN6O3S/c24-18-10-12-19(13-11-18)29-22(16-6-2-1-3-7-16)27-28-23(29)34-15-21(31)26-25-14-17-8-4-5-9-20(17)30(32)33/h1-14H,15H2,(H,26,31)/b25-14-. The molecule has 0 radical (unpaired) electrons. The van der Waals surface area contributed by atoms with E-state index in [1.54, 1.807) is 18.2 Å². The normalized spacial score (nSPS) is 11.0. The van der Waals surface area contributed by atoms with Crippen LogP contribution in [0.2, 0.25) is 0 Å². The van der Waals surface area contributed by atoms with E-state index in [1.807, 2.05) is 59.2 Å². The number of hydrogen-bond donors (Lipinski definition) is 1. The summed E-state index contributed by atoms with van der Waals surface area (Å²) < 4.78 is 2.83. The highest BCUT2D eigenvalue weighted by Crippen LogP contribution is 2.28. The Morgan fingerprint density at radius 1 is 1.06 bits per heavy atom. The largest absolute Gasteiger partial charge is 0.278 e. The van der Waals surface area contributed by atoms with Crippen molar-refractivity contribution < 1.29 is 9.72 Å². The lowest BCUT2D eigenvalue weighted by Gasteiger charge is -2.10. The number of halogens is 1. The van der Waals surface area contributed by atoms with Gasteiger partial charge in [-0.15, -0.1) is 10.2 Å². The van der Waals surface area contributed by atoms with Crippen LogP contribution in [-0.2, 0) is 4.79 Å². The van der Waals surface area contributed by atoms with Gasteiger partial charge in [0.2, 0.25) is 0 Å². The molecule has 0 aliphatic heterocycles. The van der Waals surface area contributed by atoms with E-state index in [-0.39, 0.29) is 17.3 Å². The van der Waals surface area contributed by atoms with Crippen molar-refractivity contribution in [2.45, 2.75) is 5.16 Å². The van der Waals surface area contributed by atoms with E-state index in [9.17, 15) is 14.9 Å². The van der Waals surface area contributed by atoms with Crippen molar-refractivity contribution in [1.29, 1.82) is 0 Å². The number of para-hydroxylation sites is 1. The van der Waals surface area contributed by atoms with E-state index in [2.05, 4.69) is 36.7 Å². The van der Waals surface area contributed by atoms with E-state index in [1.165, 1.54) is 24.0 Å². The molecule has 0 atom stereocenters. The first-order chi connectivity index (χ1) is 16.5. The minimum atomic E-state index is -0.502. The summed E-state index contributed by atoms with van der Waals surface area (Å²) >= 11 is 4.65. The number of nitro benzene ring substituents is 1. The van der Waals surface area contributed by atoms with Crippen LogP contribution in [0.5, 0.6) is 0 Å². The number of amides is 1. The Bertz CT molecular complexity index is 1340. The molecular formula is C23H17BrN6O3S. The highest BCUT2D eigenvalue weighted by atomic mass is 79.9. The number of nitro groups is 1. The molecular weight excluding hydrogens is 520 g/mol. The van der Waals surface area contributed by atoms with Gasteiger partial charge in [0.25, 0.3) is 11.6 Å². The van der Waals surface area contributed by atoms with Crippen molar-refractivity contribution in [2.75, 3.05) is 5.75 Å². The lowest BCUT2D eigenvalue weighted by Crippen LogP contribution is -2.20. The fourth-order valence-electron chi connectivity index (χ4n) is 3.06. The average Bonchev–Trinajstić information content (AvgIpc) is 3.28. The van der Waals surface area contributed by atoms with Gasteiger partial charge in [-0.1, -0.05) is 70.2 Å². The van der Waals surface area contributed by atoms with E-state index in [4.69, 9.17) is 0 Å². The van der Waals surface area contributed by atoms with Crippen molar-refractivity contribution in [1.82, 2.24) is 20.2 Å². The molecule has 34 heavy (non-hydrogen) atoms. The third-order valence-electron chi connectivity index (χ3n) is 4.61.